The molecular formula is C34H42O18. The Kier molecular flexibility index (Phi) is 13.8. The maximum atomic E-state index is 13.2. The number of carbonyl (C=O) groups excluding carboxylic acids is 3. The van der Waals surface area contributed by atoms with Crippen molar-refractivity contribution in [2.45, 2.75) is 88.3 Å². The van der Waals surface area contributed by atoms with E-state index in [1.807, 2.05) is 0 Å². The highest BCUT2D eigenvalue weighted by Gasteiger charge is 2.53. The van der Waals surface area contributed by atoms with Gasteiger partial charge in [-0.25, -0.2) is 4.79 Å². The second-order valence-corrected chi connectivity index (χ2v) is 12.0. The molecule has 2 heterocycles. The zero-order chi connectivity index (χ0) is 38.3. The van der Waals surface area contributed by atoms with E-state index in [0.717, 1.165) is 32.1 Å². The zero-order valence-electron chi connectivity index (χ0n) is 28.5. The molecule has 0 saturated carbocycles. The molecule has 0 radical (unpaired) electrons. The normalized spacial score (nSPS) is 29.6. The SMILES string of the molecule is COc1cc(/C=C/C(=O)O[C@H]2[C@H](O[C@@H]3O[C@@H](C)[C@H](OC(C)=O)[C@@H](O)[C@H]3O)[C@@H](O)[C@H](OCC(O)c3ccc(O)c(O)c3)O[C@@H]2COC(C)=O)ccc1O. The third-order valence-electron chi connectivity index (χ3n) is 8.11. The van der Waals surface area contributed by atoms with Crippen LogP contribution in [0.25, 0.3) is 6.08 Å². The number of benzene rings is 2. The van der Waals surface area contributed by atoms with E-state index in [0.29, 0.717) is 5.56 Å². The van der Waals surface area contributed by atoms with Gasteiger partial charge in [-0.15, -0.1) is 0 Å². The van der Waals surface area contributed by atoms with E-state index < -0.39 is 110 Å². The zero-order valence-corrected chi connectivity index (χ0v) is 28.5. The number of carbonyl (C=O) groups is 3. The molecule has 0 bridgehead atoms. The lowest BCUT2D eigenvalue weighted by molar-refractivity contribution is -0.359. The molecule has 2 fully saturated rings. The van der Waals surface area contributed by atoms with Crippen LogP contribution in [0.2, 0.25) is 0 Å². The summed E-state index contributed by atoms with van der Waals surface area (Å²) in [4.78, 5) is 36.6. The Morgan fingerprint density at radius 1 is 0.827 bits per heavy atom. The van der Waals surface area contributed by atoms with E-state index >= 15 is 0 Å². The monoisotopic (exact) mass is 738 g/mol. The Hall–Kier alpha value is -4.53. The second-order valence-electron chi connectivity index (χ2n) is 12.0. The van der Waals surface area contributed by atoms with Crippen LogP contribution in [0, 0.1) is 0 Å². The van der Waals surface area contributed by atoms with Gasteiger partial charge in [0.05, 0.1) is 19.8 Å². The topological polar surface area (TPSA) is 267 Å². The van der Waals surface area contributed by atoms with Crippen molar-refractivity contribution in [1.29, 1.82) is 0 Å². The fourth-order valence-corrected chi connectivity index (χ4v) is 5.46. The number of ether oxygens (including phenoxy) is 8. The van der Waals surface area contributed by atoms with Crippen LogP contribution in [0.3, 0.4) is 0 Å². The molecule has 286 valence electrons. The van der Waals surface area contributed by atoms with Crippen LogP contribution < -0.4 is 4.74 Å². The van der Waals surface area contributed by atoms with Crippen LogP contribution in [0.4, 0.5) is 0 Å². The van der Waals surface area contributed by atoms with Gasteiger partial charge in [-0.05, 0) is 48.4 Å². The Morgan fingerprint density at radius 3 is 2.19 bits per heavy atom. The molecule has 2 aromatic rings. The summed E-state index contributed by atoms with van der Waals surface area (Å²) in [5.41, 5.74) is 0.549. The highest BCUT2D eigenvalue weighted by molar-refractivity contribution is 5.87. The summed E-state index contributed by atoms with van der Waals surface area (Å²) in [5, 5.41) is 73.2. The van der Waals surface area contributed by atoms with Gasteiger partial charge in [0, 0.05) is 19.9 Å². The number of esters is 3. The summed E-state index contributed by atoms with van der Waals surface area (Å²) in [6.07, 6.45) is -15.0. The molecule has 0 aliphatic carbocycles. The van der Waals surface area contributed by atoms with Crippen molar-refractivity contribution >= 4 is 24.0 Å². The molecule has 2 saturated heterocycles. The average molecular weight is 739 g/mol. The van der Waals surface area contributed by atoms with Gasteiger partial charge < -0.3 is 73.6 Å². The second kappa shape index (κ2) is 17.8. The summed E-state index contributed by atoms with van der Waals surface area (Å²) < 4.78 is 44.2. The Bertz CT molecular complexity index is 1580. The number of hydrogen-bond acceptors (Lipinski definition) is 18. The number of aliphatic hydroxyl groups excluding tert-OH is 4. The lowest BCUT2D eigenvalue weighted by Gasteiger charge is -2.47. The molecule has 2 aliphatic rings. The van der Waals surface area contributed by atoms with Crippen LogP contribution in [-0.4, -0.2) is 135 Å². The number of aromatic hydroxyl groups is 3. The summed E-state index contributed by atoms with van der Waals surface area (Å²) in [6, 6.07) is 7.80. The largest absolute Gasteiger partial charge is 0.504 e. The first-order valence-electron chi connectivity index (χ1n) is 16.0. The lowest BCUT2D eigenvalue weighted by atomic mass is 9.96. The maximum Gasteiger partial charge on any atom is 0.331 e. The van der Waals surface area contributed by atoms with Crippen molar-refractivity contribution in [3.8, 4) is 23.0 Å². The van der Waals surface area contributed by atoms with E-state index in [1.165, 1.54) is 44.4 Å². The van der Waals surface area contributed by atoms with Gasteiger partial charge in [-0.2, -0.15) is 0 Å². The minimum atomic E-state index is -1.88. The van der Waals surface area contributed by atoms with E-state index in [2.05, 4.69) is 0 Å². The highest BCUT2D eigenvalue weighted by atomic mass is 16.7. The molecule has 18 heteroatoms. The Balaban J connectivity index is 1.63. The van der Waals surface area contributed by atoms with Crippen molar-refractivity contribution < 1.29 is 88.0 Å². The number of phenols is 3. The fourth-order valence-electron chi connectivity index (χ4n) is 5.46. The molecule has 0 amide bonds. The van der Waals surface area contributed by atoms with Gasteiger partial charge >= 0.3 is 17.9 Å². The third kappa shape index (κ3) is 10.1. The quantitative estimate of drug-likeness (QED) is 0.0613. The summed E-state index contributed by atoms with van der Waals surface area (Å²) in [5.74, 6) is -3.47. The summed E-state index contributed by atoms with van der Waals surface area (Å²) >= 11 is 0. The number of phenolic OH excluding ortho intramolecular Hbond substituents is 3. The van der Waals surface area contributed by atoms with E-state index in [1.54, 1.807) is 0 Å². The molecule has 1 unspecified atom stereocenters. The minimum absolute atomic E-state index is 0.124. The van der Waals surface area contributed by atoms with Crippen LogP contribution in [-0.2, 0) is 47.5 Å². The van der Waals surface area contributed by atoms with Crippen molar-refractivity contribution in [2.24, 2.45) is 0 Å². The fraction of sp³-hybridized carbons (Fsp3) is 0.500. The van der Waals surface area contributed by atoms with Crippen LogP contribution in [0.15, 0.2) is 42.5 Å². The summed E-state index contributed by atoms with van der Waals surface area (Å²) in [7, 11) is 1.34. The van der Waals surface area contributed by atoms with Gasteiger partial charge in [-0.1, -0.05) is 12.1 Å². The van der Waals surface area contributed by atoms with E-state index in [-0.39, 0.29) is 17.1 Å². The van der Waals surface area contributed by atoms with Gasteiger partial charge in [0.15, 0.2) is 47.8 Å². The lowest BCUT2D eigenvalue weighted by Crippen LogP contribution is -2.65. The number of methoxy groups -OCH3 is 1. The first kappa shape index (κ1) is 40.2. The number of hydrogen-bond donors (Lipinski definition) is 7. The molecule has 4 rings (SSSR count). The van der Waals surface area contributed by atoms with E-state index in [4.69, 9.17) is 37.9 Å². The first-order chi connectivity index (χ1) is 24.6. The molecule has 18 nitrogen and oxygen atoms in total. The molecule has 0 aromatic heterocycles. The molecule has 7 N–H and O–H groups in total. The Morgan fingerprint density at radius 2 is 1.54 bits per heavy atom. The van der Waals surface area contributed by atoms with Gasteiger partial charge in [0.1, 0.15) is 43.2 Å². The molecule has 2 aromatic carbocycles. The van der Waals surface area contributed by atoms with Gasteiger partial charge in [-0.3, -0.25) is 9.59 Å². The van der Waals surface area contributed by atoms with Crippen molar-refractivity contribution in [3.05, 3.63) is 53.6 Å². The molecule has 2 aliphatic heterocycles. The van der Waals surface area contributed by atoms with Crippen molar-refractivity contribution in [3.63, 3.8) is 0 Å². The van der Waals surface area contributed by atoms with Gasteiger partial charge in [0.2, 0.25) is 0 Å². The molecule has 11 atom stereocenters. The van der Waals surface area contributed by atoms with E-state index in [9.17, 15) is 50.1 Å². The molecule has 52 heavy (non-hydrogen) atoms. The maximum absolute atomic E-state index is 13.2. The minimum Gasteiger partial charge on any atom is -0.504 e. The van der Waals surface area contributed by atoms with Gasteiger partial charge in [0.25, 0.3) is 0 Å². The molecule has 0 spiro atoms. The van der Waals surface area contributed by atoms with Crippen molar-refractivity contribution in [2.75, 3.05) is 20.3 Å². The average Bonchev–Trinajstić information content (AvgIpc) is 3.09. The summed E-state index contributed by atoms with van der Waals surface area (Å²) in [6.45, 7) is 2.49. The Labute approximate surface area is 297 Å². The first-order valence-corrected chi connectivity index (χ1v) is 16.0. The predicted molar refractivity (Wildman–Crippen MR) is 172 cm³/mol. The van der Waals surface area contributed by atoms with Crippen molar-refractivity contribution in [1.82, 2.24) is 0 Å². The highest BCUT2D eigenvalue weighted by Crippen LogP contribution is 2.34. The third-order valence-corrected chi connectivity index (χ3v) is 8.11. The standard InChI is InChI=1S/C34H42O18/c1-15-30(49-17(3)36)27(42)28(43)34(48-15)52-32-29(44)33(47-13-23(40)19-7-9-20(37)22(39)12-19)50-25(14-46-16(2)35)31(32)51-26(41)10-6-18-5-8-21(38)24(11-18)45-4/h5-12,15,23,25,27-34,37-40,42-44H,13-14H2,1-4H3/b10-6+/t15-,23?,25+,27-,28+,29+,30-,31+,32+,33+,34-/m0/s1. The molecular weight excluding hydrogens is 696 g/mol. The smallest absolute Gasteiger partial charge is 0.331 e. The van der Waals surface area contributed by atoms with Crippen LogP contribution >= 0.6 is 0 Å². The predicted octanol–water partition coefficient (Wildman–Crippen LogP) is -0.0804. The number of rotatable bonds is 13. The number of aliphatic hydroxyl groups is 4. The van der Waals surface area contributed by atoms with Crippen LogP contribution in [0.1, 0.15) is 38.0 Å². The van der Waals surface area contributed by atoms with Crippen LogP contribution in [0.5, 0.6) is 23.0 Å².